The van der Waals surface area contributed by atoms with Crippen molar-refractivity contribution in [3.8, 4) is 11.5 Å². The van der Waals surface area contributed by atoms with Gasteiger partial charge in [0, 0.05) is 12.2 Å². The summed E-state index contributed by atoms with van der Waals surface area (Å²) in [7, 11) is 1.62. The Morgan fingerprint density at radius 3 is 2.25 bits per heavy atom. The van der Waals surface area contributed by atoms with Crippen molar-refractivity contribution >= 4 is 11.6 Å². The second kappa shape index (κ2) is 8.93. The topological polar surface area (TPSA) is 73.6 Å². The molecule has 3 N–H and O–H groups in total. The molecule has 0 aromatic heterocycles. The first-order chi connectivity index (χ1) is 11.7. The zero-order chi connectivity index (χ0) is 17.4. The van der Waals surface area contributed by atoms with Gasteiger partial charge in [-0.25, -0.2) is 0 Å². The van der Waals surface area contributed by atoms with E-state index in [-0.39, 0.29) is 11.8 Å². The van der Waals surface area contributed by atoms with Crippen molar-refractivity contribution in [2.24, 2.45) is 5.73 Å². The molecule has 0 aliphatic carbocycles. The molecule has 0 radical (unpaired) electrons. The van der Waals surface area contributed by atoms with Gasteiger partial charge in [-0.05, 0) is 48.4 Å². The molecule has 0 fully saturated rings. The number of nitrogens with one attached hydrogen (secondary N) is 1. The van der Waals surface area contributed by atoms with E-state index in [9.17, 15) is 4.79 Å². The van der Waals surface area contributed by atoms with Gasteiger partial charge in [-0.1, -0.05) is 19.1 Å². The van der Waals surface area contributed by atoms with Gasteiger partial charge in [0.2, 0.25) is 5.91 Å². The number of ether oxygens (including phenoxy) is 2. The van der Waals surface area contributed by atoms with E-state index in [2.05, 4.69) is 5.32 Å². The molecule has 1 atom stereocenters. The van der Waals surface area contributed by atoms with E-state index in [0.717, 1.165) is 29.2 Å². The number of hydrogen-bond donors (Lipinski definition) is 2. The third kappa shape index (κ3) is 4.73. The molecule has 0 aliphatic heterocycles. The summed E-state index contributed by atoms with van der Waals surface area (Å²) < 4.78 is 10.6. The van der Waals surface area contributed by atoms with Crippen LogP contribution in [0.1, 0.15) is 24.8 Å². The van der Waals surface area contributed by atoms with E-state index in [1.165, 1.54) is 0 Å². The van der Waals surface area contributed by atoms with Gasteiger partial charge in [0.1, 0.15) is 18.1 Å². The molecule has 2 rings (SSSR count). The lowest BCUT2D eigenvalue weighted by molar-refractivity contribution is -0.117. The van der Waals surface area contributed by atoms with Crippen LogP contribution in [-0.2, 0) is 4.79 Å². The summed E-state index contributed by atoms with van der Waals surface area (Å²) in [6, 6.07) is 14.9. The van der Waals surface area contributed by atoms with Crippen molar-refractivity contribution in [3.63, 3.8) is 0 Å². The van der Waals surface area contributed by atoms with Crippen molar-refractivity contribution in [3.05, 3.63) is 54.1 Å². The van der Waals surface area contributed by atoms with Crippen molar-refractivity contribution < 1.29 is 14.3 Å². The average molecular weight is 328 g/mol. The first-order valence-electron chi connectivity index (χ1n) is 8.05. The molecule has 2 aromatic carbocycles. The predicted molar refractivity (Wildman–Crippen MR) is 95.6 cm³/mol. The minimum Gasteiger partial charge on any atom is -0.497 e. The smallest absolute Gasteiger partial charge is 0.231 e. The lowest BCUT2D eigenvalue weighted by Crippen LogP contribution is -2.20. The molecule has 1 unspecified atom stereocenters. The molecule has 5 nitrogen and oxygen atoms in total. The Labute approximate surface area is 142 Å². The predicted octanol–water partition coefficient (Wildman–Crippen LogP) is 3.17. The summed E-state index contributed by atoms with van der Waals surface area (Å²) in [6.45, 7) is 2.94. The maximum atomic E-state index is 12.6. The van der Waals surface area contributed by atoms with Crippen LogP contribution in [0.15, 0.2) is 48.5 Å². The summed E-state index contributed by atoms with van der Waals surface area (Å²) in [5.74, 6) is 1.28. The number of methoxy groups -OCH3 is 1. The van der Waals surface area contributed by atoms with Gasteiger partial charge in [-0.2, -0.15) is 0 Å². The second-order valence-corrected chi connectivity index (χ2v) is 5.38. The fraction of sp³-hybridized carbons (Fsp3) is 0.316. The standard InChI is InChI=1S/C19H24N2O3/c1-3-18(14-4-8-16(23-2)9-5-14)19(22)21-15-6-10-17(11-7-15)24-13-12-20/h4-11,18H,3,12-13,20H2,1-2H3,(H,21,22). The summed E-state index contributed by atoms with van der Waals surface area (Å²) in [4.78, 5) is 12.6. The van der Waals surface area contributed by atoms with Gasteiger partial charge in [-0.15, -0.1) is 0 Å². The normalized spacial score (nSPS) is 11.6. The number of carbonyl (C=O) groups excluding carboxylic acids is 1. The van der Waals surface area contributed by atoms with Gasteiger partial charge in [0.05, 0.1) is 13.0 Å². The highest BCUT2D eigenvalue weighted by molar-refractivity contribution is 5.95. The summed E-state index contributed by atoms with van der Waals surface area (Å²) in [6.07, 6.45) is 0.718. The average Bonchev–Trinajstić information content (AvgIpc) is 2.62. The Bertz CT molecular complexity index is 639. The lowest BCUT2D eigenvalue weighted by Gasteiger charge is -2.16. The van der Waals surface area contributed by atoms with Crippen LogP contribution < -0.4 is 20.5 Å². The monoisotopic (exact) mass is 328 g/mol. The third-order valence-electron chi connectivity index (χ3n) is 3.75. The van der Waals surface area contributed by atoms with Crippen LogP contribution in [0.4, 0.5) is 5.69 Å². The molecule has 0 saturated heterocycles. The van der Waals surface area contributed by atoms with Crippen LogP contribution in [0.2, 0.25) is 0 Å². The number of rotatable bonds is 8. The molecular formula is C19H24N2O3. The highest BCUT2D eigenvalue weighted by Gasteiger charge is 2.18. The molecule has 2 aromatic rings. The highest BCUT2D eigenvalue weighted by atomic mass is 16.5. The number of benzene rings is 2. The number of anilines is 1. The maximum absolute atomic E-state index is 12.6. The Balaban J connectivity index is 2.02. The highest BCUT2D eigenvalue weighted by Crippen LogP contribution is 2.24. The number of amides is 1. The van der Waals surface area contributed by atoms with Crippen LogP contribution in [-0.4, -0.2) is 26.2 Å². The first-order valence-corrected chi connectivity index (χ1v) is 8.05. The third-order valence-corrected chi connectivity index (χ3v) is 3.75. The second-order valence-electron chi connectivity index (χ2n) is 5.38. The molecular weight excluding hydrogens is 304 g/mol. The summed E-state index contributed by atoms with van der Waals surface area (Å²) in [5.41, 5.74) is 7.12. The number of nitrogens with two attached hydrogens (primary N) is 1. The SMILES string of the molecule is CCC(C(=O)Nc1ccc(OCCN)cc1)c1ccc(OC)cc1. The zero-order valence-corrected chi connectivity index (χ0v) is 14.1. The van der Waals surface area contributed by atoms with E-state index in [1.807, 2.05) is 55.5 Å². The quantitative estimate of drug-likeness (QED) is 0.780. The molecule has 5 heteroatoms. The van der Waals surface area contributed by atoms with Crippen molar-refractivity contribution in [1.29, 1.82) is 0 Å². The fourth-order valence-electron chi connectivity index (χ4n) is 2.45. The molecule has 0 spiro atoms. The minimum absolute atomic E-state index is 0.0294. The van der Waals surface area contributed by atoms with Crippen molar-refractivity contribution in [1.82, 2.24) is 0 Å². The molecule has 128 valence electrons. The van der Waals surface area contributed by atoms with E-state index in [4.69, 9.17) is 15.2 Å². The largest absolute Gasteiger partial charge is 0.497 e. The van der Waals surface area contributed by atoms with Crippen LogP contribution in [0.5, 0.6) is 11.5 Å². The minimum atomic E-state index is -0.205. The van der Waals surface area contributed by atoms with Gasteiger partial charge >= 0.3 is 0 Å². The van der Waals surface area contributed by atoms with E-state index < -0.39 is 0 Å². The van der Waals surface area contributed by atoms with Crippen molar-refractivity contribution in [2.75, 3.05) is 25.6 Å². The molecule has 0 bridgehead atoms. The first kappa shape index (κ1) is 17.8. The van der Waals surface area contributed by atoms with E-state index >= 15 is 0 Å². The van der Waals surface area contributed by atoms with Gasteiger partial charge in [-0.3, -0.25) is 4.79 Å². The fourth-order valence-corrected chi connectivity index (χ4v) is 2.45. The van der Waals surface area contributed by atoms with E-state index in [1.54, 1.807) is 7.11 Å². The van der Waals surface area contributed by atoms with Gasteiger partial charge in [0.15, 0.2) is 0 Å². The molecule has 1 amide bonds. The van der Waals surface area contributed by atoms with Gasteiger partial charge in [0.25, 0.3) is 0 Å². The van der Waals surface area contributed by atoms with Crippen LogP contribution in [0.3, 0.4) is 0 Å². The number of carbonyl (C=O) groups is 1. The summed E-state index contributed by atoms with van der Waals surface area (Å²) >= 11 is 0. The molecule has 0 saturated carbocycles. The van der Waals surface area contributed by atoms with Crippen molar-refractivity contribution in [2.45, 2.75) is 19.3 Å². The maximum Gasteiger partial charge on any atom is 0.231 e. The molecule has 0 aliphatic rings. The van der Waals surface area contributed by atoms with Crippen LogP contribution >= 0.6 is 0 Å². The lowest BCUT2D eigenvalue weighted by atomic mass is 9.95. The Morgan fingerprint density at radius 1 is 1.08 bits per heavy atom. The zero-order valence-electron chi connectivity index (χ0n) is 14.1. The number of hydrogen-bond acceptors (Lipinski definition) is 4. The van der Waals surface area contributed by atoms with E-state index in [0.29, 0.717) is 13.2 Å². The summed E-state index contributed by atoms with van der Waals surface area (Å²) in [5, 5.41) is 2.95. The Morgan fingerprint density at radius 2 is 1.71 bits per heavy atom. The van der Waals surface area contributed by atoms with Gasteiger partial charge < -0.3 is 20.5 Å². The Kier molecular flexibility index (Phi) is 6.63. The molecule has 0 heterocycles. The molecule has 24 heavy (non-hydrogen) atoms. The van der Waals surface area contributed by atoms with Crippen LogP contribution in [0.25, 0.3) is 0 Å². The Hall–Kier alpha value is -2.53. The van der Waals surface area contributed by atoms with Crippen LogP contribution in [0, 0.1) is 0 Å².